The van der Waals surface area contributed by atoms with Crippen molar-refractivity contribution in [3.05, 3.63) is 17.4 Å². The highest BCUT2D eigenvalue weighted by atomic mass is 35.5. The number of aromatic nitrogens is 2. The second kappa shape index (κ2) is 6.58. The monoisotopic (exact) mass is 228 g/mol. The average molecular weight is 229 g/mol. The maximum Gasteiger partial charge on any atom is 0.153 e. The number of hydrogen-bond acceptors (Lipinski definition) is 4. The summed E-state index contributed by atoms with van der Waals surface area (Å²) in [7, 11) is 4.17. The van der Waals surface area contributed by atoms with E-state index >= 15 is 0 Å². The summed E-state index contributed by atoms with van der Waals surface area (Å²) in [6.07, 6.45) is 4.00. The minimum Gasteiger partial charge on any atom is -0.384 e. The number of nitrogens with one attached hydrogen (secondary N) is 1. The smallest absolute Gasteiger partial charge is 0.153 e. The lowest BCUT2D eigenvalue weighted by Gasteiger charge is -2.09. The van der Waals surface area contributed by atoms with Gasteiger partial charge in [0.15, 0.2) is 5.15 Å². The highest BCUT2D eigenvalue weighted by Gasteiger charge is 1.95. The summed E-state index contributed by atoms with van der Waals surface area (Å²) in [6.45, 7) is 2.06. The van der Waals surface area contributed by atoms with Gasteiger partial charge in [-0.3, -0.25) is 0 Å². The second-order valence-corrected chi connectivity index (χ2v) is 4.09. The number of nitrogens with zero attached hydrogens (tertiary/aromatic N) is 3. The van der Waals surface area contributed by atoms with Crippen LogP contribution in [0.5, 0.6) is 0 Å². The van der Waals surface area contributed by atoms with Crippen molar-refractivity contribution in [2.24, 2.45) is 0 Å². The van der Waals surface area contributed by atoms with Gasteiger partial charge in [-0.15, -0.1) is 5.10 Å². The van der Waals surface area contributed by atoms with Crippen molar-refractivity contribution in [3.63, 3.8) is 0 Å². The lowest BCUT2D eigenvalue weighted by Crippen LogP contribution is -2.14. The summed E-state index contributed by atoms with van der Waals surface area (Å²) in [5.74, 6) is 0. The van der Waals surface area contributed by atoms with Gasteiger partial charge in [-0.05, 0) is 33.5 Å². The molecule has 1 N–H and O–H groups in total. The van der Waals surface area contributed by atoms with Crippen LogP contribution in [0.2, 0.25) is 5.15 Å². The summed E-state index contributed by atoms with van der Waals surface area (Å²) in [4.78, 5) is 2.19. The first-order chi connectivity index (χ1) is 7.18. The molecule has 0 unspecified atom stereocenters. The van der Waals surface area contributed by atoms with E-state index in [9.17, 15) is 0 Å². The highest BCUT2D eigenvalue weighted by Crippen LogP contribution is 2.09. The summed E-state index contributed by atoms with van der Waals surface area (Å²) in [6, 6.07) is 1.78. The van der Waals surface area contributed by atoms with Crippen LogP contribution in [0.25, 0.3) is 0 Å². The molecule has 0 aromatic carbocycles. The predicted octanol–water partition coefficient (Wildman–Crippen LogP) is 1.88. The first-order valence-corrected chi connectivity index (χ1v) is 5.43. The zero-order valence-electron chi connectivity index (χ0n) is 9.20. The Labute approximate surface area is 95.6 Å². The SMILES string of the molecule is CN(C)CCCCNc1cnnc(Cl)c1. The molecule has 5 heteroatoms. The highest BCUT2D eigenvalue weighted by molar-refractivity contribution is 6.29. The van der Waals surface area contributed by atoms with Crippen molar-refractivity contribution in [2.45, 2.75) is 12.8 Å². The molecule has 0 saturated carbocycles. The van der Waals surface area contributed by atoms with Crippen molar-refractivity contribution >= 4 is 17.3 Å². The third kappa shape index (κ3) is 5.54. The Hall–Kier alpha value is -0.870. The van der Waals surface area contributed by atoms with E-state index in [1.54, 1.807) is 12.3 Å². The van der Waals surface area contributed by atoms with Crippen molar-refractivity contribution < 1.29 is 0 Å². The van der Waals surface area contributed by atoms with Gasteiger partial charge in [-0.2, -0.15) is 5.10 Å². The van der Waals surface area contributed by atoms with E-state index < -0.39 is 0 Å². The van der Waals surface area contributed by atoms with E-state index in [-0.39, 0.29) is 0 Å². The Bertz CT molecular complexity index is 291. The van der Waals surface area contributed by atoms with E-state index in [1.807, 2.05) is 0 Å². The molecule has 0 fully saturated rings. The molecule has 1 rings (SSSR count). The molecule has 0 saturated heterocycles. The van der Waals surface area contributed by atoms with Crippen molar-refractivity contribution in [2.75, 3.05) is 32.5 Å². The van der Waals surface area contributed by atoms with E-state index in [1.165, 1.54) is 6.42 Å². The quantitative estimate of drug-likeness (QED) is 0.755. The van der Waals surface area contributed by atoms with Crippen molar-refractivity contribution in [3.8, 4) is 0 Å². The zero-order chi connectivity index (χ0) is 11.1. The number of unbranched alkanes of at least 4 members (excludes halogenated alkanes) is 1. The average Bonchev–Trinajstić information content (AvgIpc) is 2.17. The number of hydrogen-bond donors (Lipinski definition) is 1. The van der Waals surface area contributed by atoms with Crippen LogP contribution >= 0.6 is 11.6 Å². The molecule has 0 atom stereocenters. The van der Waals surface area contributed by atoms with Crippen molar-refractivity contribution in [1.29, 1.82) is 0 Å². The first-order valence-electron chi connectivity index (χ1n) is 5.05. The number of anilines is 1. The molecule has 4 nitrogen and oxygen atoms in total. The van der Waals surface area contributed by atoms with Crippen molar-refractivity contribution in [1.82, 2.24) is 15.1 Å². The van der Waals surface area contributed by atoms with Crippen LogP contribution in [-0.4, -0.2) is 42.3 Å². The van der Waals surface area contributed by atoms with E-state index in [4.69, 9.17) is 11.6 Å². The van der Waals surface area contributed by atoms with Gasteiger partial charge in [0.2, 0.25) is 0 Å². The van der Waals surface area contributed by atoms with Crippen LogP contribution in [0.3, 0.4) is 0 Å². The van der Waals surface area contributed by atoms with Gasteiger partial charge < -0.3 is 10.2 Å². The van der Waals surface area contributed by atoms with Crippen LogP contribution < -0.4 is 5.32 Å². The Morgan fingerprint density at radius 3 is 2.87 bits per heavy atom. The summed E-state index contributed by atoms with van der Waals surface area (Å²) >= 11 is 5.71. The van der Waals surface area contributed by atoms with E-state index in [0.29, 0.717) is 5.15 Å². The molecule has 1 aromatic rings. The third-order valence-corrected chi connectivity index (χ3v) is 2.17. The lowest BCUT2D eigenvalue weighted by atomic mass is 10.3. The Kier molecular flexibility index (Phi) is 5.36. The molecule has 84 valence electrons. The van der Waals surface area contributed by atoms with Gasteiger partial charge >= 0.3 is 0 Å². The van der Waals surface area contributed by atoms with Gasteiger partial charge in [0, 0.05) is 12.6 Å². The molecular formula is C10H17ClN4. The minimum absolute atomic E-state index is 0.424. The van der Waals surface area contributed by atoms with Crippen LogP contribution in [0.1, 0.15) is 12.8 Å². The summed E-state index contributed by atoms with van der Waals surface area (Å²) in [5, 5.41) is 11.1. The summed E-state index contributed by atoms with van der Waals surface area (Å²) in [5.41, 5.74) is 0.930. The standard InChI is InChI=1S/C10H17ClN4/c1-15(2)6-4-3-5-12-9-7-10(11)14-13-8-9/h7-8H,3-6H2,1-2H3,(H,12,14). The molecule has 0 spiro atoms. The molecule has 1 aromatic heterocycles. The van der Waals surface area contributed by atoms with E-state index in [2.05, 4.69) is 34.5 Å². The van der Waals surface area contributed by atoms with Crippen LogP contribution in [0.4, 0.5) is 5.69 Å². The molecule has 15 heavy (non-hydrogen) atoms. The normalized spacial score (nSPS) is 10.7. The maximum atomic E-state index is 5.71. The Morgan fingerprint density at radius 2 is 2.20 bits per heavy atom. The molecular weight excluding hydrogens is 212 g/mol. The van der Waals surface area contributed by atoms with Gasteiger partial charge in [0.25, 0.3) is 0 Å². The molecule has 0 bridgehead atoms. The fraction of sp³-hybridized carbons (Fsp3) is 0.600. The van der Waals surface area contributed by atoms with Gasteiger partial charge in [0.05, 0.1) is 11.9 Å². The largest absolute Gasteiger partial charge is 0.384 e. The molecule has 0 radical (unpaired) electrons. The fourth-order valence-corrected chi connectivity index (χ4v) is 1.38. The molecule has 0 aliphatic rings. The first kappa shape index (κ1) is 12.2. The maximum absolute atomic E-state index is 5.71. The summed E-state index contributed by atoms with van der Waals surface area (Å²) < 4.78 is 0. The number of halogens is 1. The molecule has 0 amide bonds. The Morgan fingerprint density at radius 1 is 1.40 bits per heavy atom. The van der Waals surface area contributed by atoms with Crippen LogP contribution in [0.15, 0.2) is 12.3 Å². The topological polar surface area (TPSA) is 41.0 Å². The fourth-order valence-electron chi connectivity index (χ4n) is 1.22. The van der Waals surface area contributed by atoms with E-state index in [0.717, 1.165) is 25.2 Å². The molecule has 1 heterocycles. The second-order valence-electron chi connectivity index (χ2n) is 3.70. The predicted molar refractivity (Wildman–Crippen MR) is 63.3 cm³/mol. The molecule has 0 aliphatic carbocycles. The lowest BCUT2D eigenvalue weighted by molar-refractivity contribution is 0.396. The van der Waals surface area contributed by atoms with Crippen LogP contribution in [-0.2, 0) is 0 Å². The van der Waals surface area contributed by atoms with Gasteiger partial charge in [0.1, 0.15) is 0 Å². The van der Waals surface area contributed by atoms with Crippen LogP contribution in [0, 0.1) is 0 Å². The van der Waals surface area contributed by atoms with Gasteiger partial charge in [-0.1, -0.05) is 11.6 Å². The Balaban J connectivity index is 2.15. The van der Waals surface area contributed by atoms with Gasteiger partial charge in [-0.25, -0.2) is 0 Å². The molecule has 0 aliphatic heterocycles. The zero-order valence-corrected chi connectivity index (χ0v) is 9.96. The third-order valence-electron chi connectivity index (χ3n) is 1.99. The number of rotatable bonds is 6. The minimum atomic E-state index is 0.424.